The summed E-state index contributed by atoms with van der Waals surface area (Å²) in [5, 5.41) is 9.90. The van der Waals surface area contributed by atoms with E-state index in [9.17, 15) is 5.26 Å². The minimum atomic E-state index is 0.299. The highest BCUT2D eigenvalue weighted by Crippen LogP contribution is 2.42. The zero-order valence-corrected chi connectivity index (χ0v) is 20.9. The molecule has 2 fully saturated rings. The second kappa shape index (κ2) is 13.9. The van der Waals surface area contributed by atoms with Crippen LogP contribution >= 0.6 is 0 Å². The first-order valence-electron chi connectivity index (χ1n) is 13.9. The van der Waals surface area contributed by atoms with Crippen LogP contribution in [0.3, 0.4) is 0 Å². The van der Waals surface area contributed by atoms with Gasteiger partial charge in [-0.3, -0.25) is 0 Å². The quantitative estimate of drug-likeness (QED) is 0.305. The lowest BCUT2D eigenvalue weighted by Crippen LogP contribution is -2.24. The zero-order chi connectivity index (χ0) is 22.6. The van der Waals surface area contributed by atoms with Gasteiger partial charge in [-0.05, 0) is 92.7 Å². The highest BCUT2D eigenvalue weighted by molar-refractivity contribution is 5.29. The van der Waals surface area contributed by atoms with Gasteiger partial charge in [0.1, 0.15) is 5.75 Å². The number of benzene rings is 1. The molecule has 0 bridgehead atoms. The summed E-state index contributed by atoms with van der Waals surface area (Å²) in [5.74, 6) is 4.37. The fourth-order valence-electron chi connectivity index (χ4n) is 6.19. The molecule has 0 N–H and O–H groups in total. The molecule has 0 aromatic heterocycles. The minimum absolute atomic E-state index is 0.299. The van der Waals surface area contributed by atoms with Crippen molar-refractivity contribution in [2.24, 2.45) is 23.7 Å². The predicted molar refractivity (Wildman–Crippen MR) is 135 cm³/mol. The molecule has 0 aliphatic heterocycles. The van der Waals surface area contributed by atoms with Gasteiger partial charge in [0, 0.05) is 5.92 Å². The van der Waals surface area contributed by atoms with E-state index in [4.69, 9.17) is 4.74 Å². The summed E-state index contributed by atoms with van der Waals surface area (Å²) >= 11 is 0. The van der Waals surface area contributed by atoms with Crippen LogP contribution in [0.4, 0.5) is 0 Å². The van der Waals surface area contributed by atoms with Crippen molar-refractivity contribution in [3.05, 3.63) is 29.8 Å². The molecule has 0 radical (unpaired) electrons. The molecule has 1 aromatic rings. The Bertz CT molecular complexity index is 659. The molecule has 0 heterocycles. The Morgan fingerprint density at radius 2 is 1.50 bits per heavy atom. The van der Waals surface area contributed by atoms with Crippen LogP contribution < -0.4 is 4.74 Å². The van der Waals surface area contributed by atoms with E-state index in [1.165, 1.54) is 89.0 Å². The average molecular weight is 438 g/mol. The molecular weight excluding hydrogens is 390 g/mol. The van der Waals surface area contributed by atoms with Crippen molar-refractivity contribution in [2.75, 3.05) is 6.61 Å². The van der Waals surface area contributed by atoms with Crippen LogP contribution in [0.5, 0.6) is 5.75 Å². The summed E-state index contributed by atoms with van der Waals surface area (Å²) in [6.07, 6.45) is 19.4. The maximum absolute atomic E-state index is 9.90. The van der Waals surface area contributed by atoms with E-state index in [2.05, 4.69) is 44.2 Å². The van der Waals surface area contributed by atoms with Gasteiger partial charge >= 0.3 is 0 Å². The smallest absolute Gasteiger partial charge is 0.119 e. The molecule has 0 spiro atoms. The van der Waals surface area contributed by atoms with Gasteiger partial charge in [-0.1, -0.05) is 70.9 Å². The van der Waals surface area contributed by atoms with Gasteiger partial charge in [-0.2, -0.15) is 5.26 Å². The van der Waals surface area contributed by atoms with Gasteiger partial charge in [0.2, 0.25) is 0 Å². The van der Waals surface area contributed by atoms with E-state index in [1.807, 2.05) is 0 Å². The van der Waals surface area contributed by atoms with Crippen molar-refractivity contribution in [3.8, 4) is 11.8 Å². The van der Waals surface area contributed by atoms with Crippen LogP contribution in [0.1, 0.15) is 122 Å². The van der Waals surface area contributed by atoms with E-state index in [1.54, 1.807) is 0 Å². The van der Waals surface area contributed by atoms with Gasteiger partial charge in [0.05, 0.1) is 12.7 Å². The Hall–Kier alpha value is -1.49. The van der Waals surface area contributed by atoms with Gasteiger partial charge in [-0.15, -0.1) is 0 Å². The number of rotatable bonds is 12. The molecule has 2 aliphatic carbocycles. The van der Waals surface area contributed by atoms with Gasteiger partial charge in [-0.25, -0.2) is 0 Å². The highest BCUT2D eigenvalue weighted by atomic mass is 16.5. The van der Waals surface area contributed by atoms with Crippen LogP contribution in [0, 0.1) is 35.0 Å². The number of ether oxygens (including phenoxy) is 1. The summed E-state index contributed by atoms with van der Waals surface area (Å²) in [4.78, 5) is 0. The average Bonchev–Trinajstić information content (AvgIpc) is 2.85. The lowest BCUT2D eigenvalue weighted by molar-refractivity contribution is 0.188. The first-order chi connectivity index (χ1) is 15.7. The first-order valence-corrected chi connectivity index (χ1v) is 13.9. The summed E-state index contributed by atoms with van der Waals surface area (Å²) in [6.45, 7) is 5.35. The molecule has 178 valence electrons. The summed E-state index contributed by atoms with van der Waals surface area (Å²) < 4.78 is 5.88. The minimum Gasteiger partial charge on any atom is -0.494 e. The molecule has 2 aliphatic rings. The van der Waals surface area contributed by atoms with Crippen molar-refractivity contribution >= 4 is 0 Å². The molecule has 3 rings (SSSR count). The normalized spacial score (nSPS) is 26.9. The van der Waals surface area contributed by atoms with Crippen LogP contribution in [0.15, 0.2) is 24.3 Å². The Kier molecular flexibility index (Phi) is 10.9. The Balaban J connectivity index is 1.39. The number of hydrogen-bond acceptors (Lipinski definition) is 2. The zero-order valence-electron chi connectivity index (χ0n) is 20.9. The number of unbranched alkanes of at least 4 members (excludes halogenated alkanes) is 3. The van der Waals surface area contributed by atoms with Gasteiger partial charge < -0.3 is 4.74 Å². The van der Waals surface area contributed by atoms with Crippen LogP contribution in [0.25, 0.3) is 0 Å². The van der Waals surface area contributed by atoms with Crippen molar-refractivity contribution in [1.29, 1.82) is 5.26 Å². The third kappa shape index (κ3) is 7.83. The Morgan fingerprint density at radius 1 is 0.844 bits per heavy atom. The van der Waals surface area contributed by atoms with E-state index >= 15 is 0 Å². The predicted octanol–water partition coefficient (Wildman–Crippen LogP) is 9.06. The second-order valence-corrected chi connectivity index (χ2v) is 10.7. The molecule has 1 unspecified atom stereocenters. The standard InChI is InChI=1S/C30H47NO/c1-3-5-7-21-32-30-19-17-27(18-20-30)26-15-11-25(12-16-26)22-29(23-31)28-13-9-24(10-14-28)8-6-4-2/h17-20,24-26,28-29H,3-16,21-22H2,1-2H3/t24-,25-,26-,28-,29?. The molecule has 2 saturated carbocycles. The fourth-order valence-corrected chi connectivity index (χ4v) is 6.19. The third-order valence-electron chi connectivity index (χ3n) is 8.39. The van der Waals surface area contributed by atoms with Crippen LogP contribution in [-0.2, 0) is 0 Å². The number of nitrogens with zero attached hydrogens (tertiary/aromatic N) is 1. The van der Waals surface area contributed by atoms with Crippen LogP contribution in [0.2, 0.25) is 0 Å². The lowest BCUT2D eigenvalue weighted by atomic mass is 9.70. The molecule has 1 aromatic carbocycles. The van der Waals surface area contributed by atoms with E-state index < -0.39 is 0 Å². The monoisotopic (exact) mass is 437 g/mol. The van der Waals surface area contributed by atoms with E-state index in [0.717, 1.165) is 37.0 Å². The number of nitriles is 1. The summed E-state index contributed by atoms with van der Waals surface area (Å²) in [6, 6.07) is 11.6. The van der Waals surface area contributed by atoms with E-state index in [-0.39, 0.29) is 0 Å². The largest absolute Gasteiger partial charge is 0.494 e. The van der Waals surface area contributed by atoms with E-state index in [0.29, 0.717) is 17.8 Å². The van der Waals surface area contributed by atoms with Gasteiger partial charge in [0.25, 0.3) is 0 Å². The van der Waals surface area contributed by atoms with Crippen molar-refractivity contribution in [1.82, 2.24) is 0 Å². The first kappa shape index (κ1) is 25.1. The highest BCUT2D eigenvalue weighted by Gasteiger charge is 2.31. The second-order valence-electron chi connectivity index (χ2n) is 10.7. The summed E-state index contributed by atoms with van der Waals surface area (Å²) in [7, 11) is 0. The molecule has 32 heavy (non-hydrogen) atoms. The van der Waals surface area contributed by atoms with Crippen molar-refractivity contribution in [3.63, 3.8) is 0 Å². The number of hydrogen-bond donors (Lipinski definition) is 0. The molecule has 0 amide bonds. The molecular formula is C30H47NO. The molecule has 2 heteroatoms. The maximum atomic E-state index is 9.90. The third-order valence-corrected chi connectivity index (χ3v) is 8.39. The maximum Gasteiger partial charge on any atom is 0.119 e. The molecule has 0 saturated heterocycles. The Labute approximate surface area is 198 Å². The molecule has 1 atom stereocenters. The summed E-state index contributed by atoms with van der Waals surface area (Å²) in [5.41, 5.74) is 1.48. The van der Waals surface area contributed by atoms with Gasteiger partial charge in [0.15, 0.2) is 0 Å². The van der Waals surface area contributed by atoms with Crippen molar-refractivity contribution < 1.29 is 4.74 Å². The van der Waals surface area contributed by atoms with Crippen molar-refractivity contribution in [2.45, 2.75) is 116 Å². The van der Waals surface area contributed by atoms with Crippen LogP contribution in [-0.4, -0.2) is 6.61 Å². The fraction of sp³-hybridized carbons (Fsp3) is 0.767. The molecule has 2 nitrogen and oxygen atoms in total. The Morgan fingerprint density at radius 3 is 2.12 bits per heavy atom. The SMILES string of the molecule is CCCCCOc1ccc([C@H]2CC[C@H](CC(C#N)[C@H]3CC[C@H](CCCC)CC3)CC2)cc1. The topological polar surface area (TPSA) is 33.0 Å². The lowest BCUT2D eigenvalue weighted by Gasteiger charge is -2.34.